The second-order valence-corrected chi connectivity index (χ2v) is 6.40. The summed E-state index contributed by atoms with van der Waals surface area (Å²) in [6.07, 6.45) is 7.85. The van der Waals surface area contributed by atoms with Crippen LogP contribution in [0.2, 0.25) is 0 Å². The van der Waals surface area contributed by atoms with Gasteiger partial charge in [0.15, 0.2) is 0 Å². The molecule has 0 radical (unpaired) electrons. The zero-order valence-electron chi connectivity index (χ0n) is 14.5. The molecule has 0 bridgehead atoms. The minimum absolute atomic E-state index is 0.0865. The van der Waals surface area contributed by atoms with Crippen LogP contribution in [0.5, 0.6) is 0 Å². The van der Waals surface area contributed by atoms with Crippen LogP contribution in [0.1, 0.15) is 28.8 Å². The number of carbonyl (C=O) groups is 1. The number of pyridine rings is 1. The molecule has 132 valence electrons. The Morgan fingerprint density at radius 1 is 1.08 bits per heavy atom. The first-order valence-electron chi connectivity index (χ1n) is 8.88. The van der Waals surface area contributed by atoms with Crippen molar-refractivity contribution >= 4 is 11.7 Å². The van der Waals surface area contributed by atoms with Crippen molar-refractivity contribution in [3.63, 3.8) is 0 Å². The Balaban J connectivity index is 1.38. The van der Waals surface area contributed by atoms with Crippen LogP contribution < -0.4 is 10.2 Å². The van der Waals surface area contributed by atoms with Gasteiger partial charge in [-0.2, -0.15) is 5.10 Å². The molecule has 3 aromatic rings. The number of nitrogens with zero attached hydrogens (tertiary/aromatic N) is 4. The number of aromatic nitrogens is 3. The Hall–Kier alpha value is -3.15. The molecule has 0 aliphatic carbocycles. The highest BCUT2D eigenvalue weighted by atomic mass is 16.1. The first kappa shape index (κ1) is 16.3. The number of hydrogen-bond acceptors (Lipinski definition) is 4. The predicted molar refractivity (Wildman–Crippen MR) is 100 cm³/mol. The molecule has 2 aromatic heterocycles. The van der Waals surface area contributed by atoms with Crippen molar-refractivity contribution in [1.29, 1.82) is 0 Å². The van der Waals surface area contributed by atoms with E-state index in [1.165, 1.54) is 12.8 Å². The van der Waals surface area contributed by atoms with E-state index in [1.807, 2.05) is 48.8 Å². The molecule has 1 fully saturated rings. The lowest BCUT2D eigenvalue weighted by atomic mass is 10.2. The third-order valence-electron chi connectivity index (χ3n) is 4.59. The summed E-state index contributed by atoms with van der Waals surface area (Å²) in [4.78, 5) is 19.1. The minimum atomic E-state index is -0.0865. The van der Waals surface area contributed by atoms with Crippen LogP contribution in [0.15, 0.2) is 61.1 Å². The fraction of sp³-hybridized carbons (Fsp3) is 0.250. The summed E-state index contributed by atoms with van der Waals surface area (Å²) in [7, 11) is 0. The third kappa shape index (κ3) is 3.59. The smallest absolute Gasteiger partial charge is 0.251 e. The van der Waals surface area contributed by atoms with Gasteiger partial charge in [-0.05, 0) is 60.9 Å². The Kier molecular flexibility index (Phi) is 4.64. The van der Waals surface area contributed by atoms with Crippen LogP contribution in [0.3, 0.4) is 0 Å². The van der Waals surface area contributed by atoms with Crippen molar-refractivity contribution in [3.8, 4) is 5.69 Å². The van der Waals surface area contributed by atoms with Gasteiger partial charge in [0.1, 0.15) is 5.82 Å². The van der Waals surface area contributed by atoms with E-state index in [0.717, 1.165) is 30.2 Å². The van der Waals surface area contributed by atoms with Gasteiger partial charge in [-0.3, -0.25) is 4.79 Å². The van der Waals surface area contributed by atoms with Crippen LogP contribution in [-0.2, 0) is 6.54 Å². The van der Waals surface area contributed by atoms with Gasteiger partial charge in [0.05, 0.1) is 5.69 Å². The first-order chi connectivity index (χ1) is 12.8. The van der Waals surface area contributed by atoms with Gasteiger partial charge < -0.3 is 10.2 Å². The van der Waals surface area contributed by atoms with E-state index in [2.05, 4.69) is 26.4 Å². The van der Waals surface area contributed by atoms with Crippen molar-refractivity contribution in [3.05, 3.63) is 72.2 Å². The molecule has 1 saturated heterocycles. The van der Waals surface area contributed by atoms with Crippen molar-refractivity contribution in [2.75, 3.05) is 18.0 Å². The highest BCUT2D eigenvalue weighted by Crippen LogP contribution is 2.18. The molecule has 0 atom stereocenters. The molecule has 1 aromatic carbocycles. The van der Waals surface area contributed by atoms with Crippen molar-refractivity contribution in [2.45, 2.75) is 19.4 Å². The molecule has 3 heterocycles. The Morgan fingerprint density at radius 3 is 2.62 bits per heavy atom. The molecule has 0 saturated carbocycles. The van der Waals surface area contributed by atoms with Gasteiger partial charge in [0, 0.05) is 43.8 Å². The zero-order chi connectivity index (χ0) is 17.8. The Morgan fingerprint density at radius 2 is 1.88 bits per heavy atom. The Bertz CT molecular complexity index is 867. The van der Waals surface area contributed by atoms with E-state index in [4.69, 9.17) is 0 Å². The Labute approximate surface area is 152 Å². The molecule has 1 N–H and O–H groups in total. The number of hydrogen-bond donors (Lipinski definition) is 1. The largest absolute Gasteiger partial charge is 0.357 e. The topological polar surface area (TPSA) is 63.1 Å². The molecule has 1 aliphatic heterocycles. The summed E-state index contributed by atoms with van der Waals surface area (Å²) in [5, 5.41) is 7.16. The lowest BCUT2D eigenvalue weighted by Gasteiger charge is -2.17. The highest BCUT2D eigenvalue weighted by molar-refractivity contribution is 5.94. The molecular formula is C20H21N5O. The summed E-state index contributed by atoms with van der Waals surface area (Å²) >= 11 is 0. The molecule has 6 nitrogen and oxygen atoms in total. The van der Waals surface area contributed by atoms with Gasteiger partial charge in [-0.25, -0.2) is 9.67 Å². The minimum Gasteiger partial charge on any atom is -0.357 e. The van der Waals surface area contributed by atoms with E-state index in [9.17, 15) is 4.79 Å². The average Bonchev–Trinajstić information content (AvgIpc) is 3.40. The van der Waals surface area contributed by atoms with Gasteiger partial charge in [0.2, 0.25) is 0 Å². The molecule has 1 amide bonds. The number of amides is 1. The lowest BCUT2D eigenvalue weighted by molar-refractivity contribution is 0.0951. The quantitative estimate of drug-likeness (QED) is 0.771. The molecule has 6 heteroatoms. The molecular weight excluding hydrogens is 326 g/mol. The summed E-state index contributed by atoms with van der Waals surface area (Å²) in [5.74, 6) is 0.911. The number of rotatable bonds is 5. The molecule has 0 unspecified atom stereocenters. The summed E-state index contributed by atoms with van der Waals surface area (Å²) in [5.41, 5.74) is 2.62. The van der Waals surface area contributed by atoms with Crippen LogP contribution in [0.4, 0.5) is 5.82 Å². The van der Waals surface area contributed by atoms with Crippen LogP contribution in [-0.4, -0.2) is 33.8 Å². The maximum Gasteiger partial charge on any atom is 0.251 e. The monoisotopic (exact) mass is 347 g/mol. The number of benzene rings is 1. The second-order valence-electron chi connectivity index (χ2n) is 6.40. The zero-order valence-corrected chi connectivity index (χ0v) is 14.5. The number of carbonyl (C=O) groups excluding carboxylic acids is 1. The molecule has 1 aliphatic rings. The molecule has 4 rings (SSSR count). The van der Waals surface area contributed by atoms with Crippen LogP contribution in [0, 0.1) is 0 Å². The van der Waals surface area contributed by atoms with Crippen molar-refractivity contribution < 1.29 is 4.79 Å². The van der Waals surface area contributed by atoms with Crippen LogP contribution in [0.25, 0.3) is 5.69 Å². The van der Waals surface area contributed by atoms with E-state index < -0.39 is 0 Å². The van der Waals surface area contributed by atoms with Gasteiger partial charge in [0.25, 0.3) is 5.91 Å². The normalized spacial score (nSPS) is 13.8. The van der Waals surface area contributed by atoms with Gasteiger partial charge in [-0.15, -0.1) is 0 Å². The van der Waals surface area contributed by atoms with E-state index in [-0.39, 0.29) is 5.91 Å². The number of nitrogens with one attached hydrogen (secondary N) is 1. The summed E-state index contributed by atoms with van der Waals surface area (Å²) in [6.45, 7) is 2.61. The van der Waals surface area contributed by atoms with Crippen molar-refractivity contribution in [1.82, 2.24) is 20.1 Å². The second kappa shape index (κ2) is 7.39. The van der Waals surface area contributed by atoms with E-state index in [1.54, 1.807) is 10.9 Å². The summed E-state index contributed by atoms with van der Waals surface area (Å²) in [6, 6.07) is 13.3. The number of anilines is 1. The summed E-state index contributed by atoms with van der Waals surface area (Å²) < 4.78 is 1.76. The maximum atomic E-state index is 12.4. The van der Waals surface area contributed by atoms with Crippen molar-refractivity contribution in [2.24, 2.45) is 0 Å². The SMILES string of the molecule is O=C(NCc1ccnc(N2CCCC2)c1)c1ccc(-n2cccn2)cc1. The fourth-order valence-electron chi connectivity index (χ4n) is 3.16. The van der Waals surface area contributed by atoms with E-state index >= 15 is 0 Å². The fourth-order valence-corrected chi connectivity index (χ4v) is 3.16. The lowest BCUT2D eigenvalue weighted by Crippen LogP contribution is -2.23. The van der Waals surface area contributed by atoms with Crippen LogP contribution >= 0.6 is 0 Å². The maximum absolute atomic E-state index is 12.4. The third-order valence-corrected chi connectivity index (χ3v) is 4.59. The van der Waals surface area contributed by atoms with Gasteiger partial charge in [-0.1, -0.05) is 0 Å². The standard InChI is InChI=1S/C20H21N5O/c26-20(17-4-6-18(7-5-17)25-13-3-9-23-25)22-15-16-8-10-21-19(14-16)24-11-1-2-12-24/h3-10,13-14H,1-2,11-12,15H2,(H,22,26). The van der Waals surface area contributed by atoms with Gasteiger partial charge >= 0.3 is 0 Å². The molecule has 0 spiro atoms. The average molecular weight is 347 g/mol. The molecule has 26 heavy (non-hydrogen) atoms. The van der Waals surface area contributed by atoms with E-state index in [0.29, 0.717) is 12.1 Å². The first-order valence-corrected chi connectivity index (χ1v) is 8.88. The predicted octanol–water partition coefficient (Wildman–Crippen LogP) is 2.80. The highest BCUT2D eigenvalue weighted by Gasteiger charge is 2.14.